The van der Waals surface area contributed by atoms with Crippen molar-refractivity contribution in [3.05, 3.63) is 88.5 Å². The summed E-state index contributed by atoms with van der Waals surface area (Å²) in [6, 6.07) is 19.2. The van der Waals surface area contributed by atoms with Gasteiger partial charge in [-0.1, -0.05) is 48.6 Å². The monoisotopic (exact) mass is 396 g/mol. The number of nitrogens with zero attached hydrogens (tertiary/aromatic N) is 1. The molecule has 0 aliphatic heterocycles. The van der Waals surface area contributed by atoms with Gasteiger partial charge in [0.25, 0.3) is 5.69 Å². The maximum atomic E-state index is 12.2. The third-order valence-corrected chi connectivity index (χ3v) is 5.76. The van der Waals surface area contributed by atoms with Gasteiger partial charge in [0, 0.05) is 18.7 Å². The number of unbranched alkanes of at least 4 members (excludes halogenated alkanes) is 1. The first-order valence-corrected chi connectivity index (χ1v) is 10.3. The fourth-order valence-electron chi connectivity index (χ4n) is 2.79. The topological polar surface area (TPSA) is 89.3 Å². The van der Waals surface area contributed by atoms with E-state index in [-0.39, 0.29) is 10.6 Å². The molecular weight excluding hydrogens is 376 g/mol. The SMILES string of the molecule is O=[N+]([O-])c1ccc(S(=O)(=O)NCCC/C=C/c2ccc3ccccc3c2)cc1. The van der Waals surface area contributed by atoms with Crippen molar-refractivity contribution in [3.8, 4) is 0 Å². The standard InChI is InChI=1S/C21H20N2O4S/c24-23(25)20-11-13-21(14-12-20)28(26,27)22-15-5-1-2-6-17-9-10-18-7-3-4-8-19(18)16-17/h2-4,6-14,16,22H,1,5,15H2/b6-2+. The minimum Gasteiger partial charge on any atom is -0.258 e. The van der Waals surface area contributed by atoms with Crippen LogP contribution in [0.15, 0.2) is 77.7 Å². The predicted molar refractivity (Wildman–Crippen MR) is 111 cm³/mol. The highest BCUT2D eigenvalue weighted by molar-refractivity contribution is 7.89. The summed E-state index contributed by atoms with van der Waals surface area (Å²) in [6.07, 6.45) is 5.42. The van der Waals surface area contributed by atoms with Crippen LogP contribution in [0.5, 0.6) is 0 Å². The molecule has 0 heterocycles. The van der Waals surface area contributed by atoms with Gasteiger partial charge in [0.05, 0.1) is 9.82 Å². The molecule has 0 aliphatic carbocycles. The maximum absolute atomic E-state index is 12.2. The van der Waals surface area contributed by atoms with Gasteiger partial charge in [-0.25, -0.2) is 13.1 Å². The van der Waals surface area contributed by atoms with E-state index in [2.05, 4.69) is 35.1 Å². The molecule has 3 aromatic rings. The van der Waals surface area contributed by atoms with Crippen molar-refractivity contribution in [3.63, 3.8) is 0 Å². The van der Waals surface area contributed by atoms with Crippen molar-refractivity contribution < 1.29 is 13.3 Å². The van der Waals surface area contributed by atoms with Crippen LogP contribution in [-0.4, -0.2) is 19.9 Å². The molecule has 0 saturated heterocycles. The highest BCUT2D eigenvalue weighted by Crippen LogP contribution is 2.17. The quantitative estimate of drug-likeness (QED) is 0.344. The number of nitrogens with one attached hydrogen (secondary N) is 1. The molecule has 0 bridgehead atoms. The third kappa shape index (κ3) is 5.03. The minimum atomic E-state index is -3.66. The molecule has 0 atom stereocenters. The Hall–Kier alpha value is -3.03. The first-order chi connectivity index (χ1) is 13.5. The molecule has 0 amide bonds. The molecule has 7 heteroatoms. The second-order valence-corrected chi connectivity index (χ2v) is 8.07. The Morgan fingerprint density at radius 2 is 1.68 bits per heavy atom. The summed E-state index contributed by atoms with van der Waals surface area (Å²) < 4.78 is 26.9. The normalized spacial score (nSPS) is 11.9. The van der Waals surface area contributed by atoms with Crippen LogP contribution in [-0.2, 0) is 10.0 Å². The molecule has 0 aliphatic rings. The van der Waals surface area contributed by atoms with E-state index in [9.17, 15) is 18.5 Å². The second kappa shape index (κ2) is 8.77. The van der Waals surface area contributed by atoms with Crippen molar-refractivity contribution in [2.75, 3.05) is 6.54 Å². The van der Waals surface area contributed by atoms with Gasteiger partial charge in [-0.3, -0.25) is 10.1 Å². The van der Waals surface area contributed by atoms with Gasteiger partial charge in [-0.05, 0) is 47.4 Å². The second-order valence-electron chi connectivity index (χ2n) is 6.30. The molecule has 1 N–H and O–H groups in total. The van der Waals surface area contributed by atoms with Crippen LogP contribution < -0.4 is 4.72 Å². The Morgan fingerprint density at radius 3 is 2.39 bits per heavy atom. The summed E-state index contributed by atoms with van der Waals surface area (Å²) in [5.41, 5.74) is 0.961. The molecule has 0 spiro atoms. The van der Waals surface area contributed by atoms with E-state index in [1.165, 1.54) is 35.0 Å². The molecule has 0 saturated carbocycles. The molecule has 0 aromatic heterocycles. The number of sulfonamides is 1. The van der Waals surface area contributed by atoms with Gasteiger partial charge in [-0.15, -0.1) is 0 Å². The van der Waals surface area contributed by atoms with E-state index in [4.69, 9.17) is 0 Å². The summed E-state index contributed by atoms with van der Waals surface area (Å²) in [4.78, 5) is 10.1. The van der Waals surface area contributed by atoms with Crippen molar-refractivity contribution >= 4 is 32.6 Å². The molecule has 0 unspecified atom stereocenters. The van der Waals surface area contributed by atoms with Crippen molar-refractivity contribution in [1.29, 1.82) is 0 Å². The Morgan fingerprint density at radius 1 is 0.964 bits per heavy atom. The highest BCUT2D eigenvalue weighted by atomic mass is 32.2. The molecule has 144 valence electrons. The van der Waals surface area contributed by atoms with Crippen molar-refractivity contribution in [2.45, 2.75) is 17.7 Å². The Labute approximate surface area is 163 Å². The number of hydrogen-bond acceptors (Lipinski definition) is 4. The zero-order valence-corrected chi connectivity index (χ0v) is 15.9. The minimum absolute atomic E-state index is 0.0183. The number of hydrogen-bond donors (Lipinski definition) is 1. The zero-order chi connectivity index (χ0) is 20.0. The number of non-ortho nitro benzene ring substituents is 1. The van der Waals surface area contributed by atoms with E-state index >= 15 is 0 Å². The van der Waals surface area contributed by atoms with Crippen LogP contribution in [0, 0.1) is 10.1 Å². The van der Waals surface area contributed by atoms with Gasteiger partial charge in [0.2, 0.25) is 10.0 Å². The molecule has 0 radical (unpaired) electrons. The fraction of sp³-hybridized carbons (Fsp3) is 0.143. The van der Waals surface area contributed by atoms with Gasteiger partial charge < -0.3 is 0 Å². The van der Waals surface area contributed by atoms with Gasteiger partial charge in [-0.2, -0.15) is 0 Å². The number of allylic oxidation sites excluding steroid dienone is 1. The maximum Gasteiger partial charge on any atom is 0.269 e. The summed E-state index contributed by atoms with van der Waals surface area (Å²) in [6.45, 7) is 0.293. The number of rotatable bonds is 8. The fourth-order valence-corrected chi connectivity index (χ4v) is 3.86. The van der Waals surface area contributed by atoms with Crippen LogP contribution in [0.25, 0.3) is 16.8 Å². The third-order valence-electron chi connectivity index (χ3n) is 4.28. The predicted octanol–water partition coefficient (Wildman–Crippen LogP) is 4.52. The number of benzene rings is 3. The Bertz CT molecular complexity index is 1110. The Kier molecular flexibility index (Phi) is 6.18. The van der Waals surface area contributed by atoms with Gasteiger partial charge in [0.15, 0.2) is 0 Å². The molecular formula is C21H20N2O4S. The van der Waals surface area contributed by atoms with E-state index in [0.29, 0.717) is 13.0 Å². The van der Waals surface area contributed by atoms with Crippen LogP contribution >= 0.6 is 0 Å². The molecule has 0 fully saturated rings. The lowest BCUT2D eigenvalue weighted by Crippen LogP contribution is -2.24. The number of fused-ring (bicyclic) bond motifs is 1. The van der Waals surface area contributed by atoms with Crippen LogP contribution in [0.4, 0.5) is 5.69 Å². The molecule has 3 rings (SSSR count). The van der Waals surface area contributed by atoms with E-state index in [1.54, 1.807) is 0 Å². The van der Waals surface area contributed by atoms with Crippen molar-refractivity contribution in [1.82, 2.24) is 4.72 Å². The molecule has 6 nitrogen and oxygen atoms in total. The first kappa shape index (κ1) is 19.7. The Balaban J connectivity index is 1.49. The summed E-state index contributed by atoms with van der Waals surface area (Å²) in [5.74, 6) is 0. The molecule has 28 heavy (non-hydrogen) atoms. The lowest BCUT2D eigenvalue weighted by atomic mass is 10.1. The largest absolute Gasteiger partial charge is 0.269 e. The van der Waals surface area contributed by atoms with E-state index < -0.39 is 14.9 Å². The van der Waals surface area contributed by atoms with Crippen LogP contribution in [0.3, 0.4) is 0 Å². The van der Waals surface area contributed by atoms with Gasteiger partial charge >= 0.3 is 0 Å². The van der Waals surface area contributed by atoms with Gasteiger partial charge in [0.1, 0.15) is 0 Å². The number of nitro benzene ring substituents is 1. The summed E-state index contributed by atoms with van der Waals surface area (Å²) >= 11 is 0. The zero-order valence-electron chi connectivity index (χ0n) is 15.1. The smallest absolute Gasteiger partial charge is 0.258 e. The van der Waals surface area contributed by atoms with E-state index in [0.717, 1.165) is 12.0 Å². The van der Waals surface area contributed by atoms with E-state index in [1.807, 2.05) is 24.3 Å². The lowest BCUT2D eigenvalue weighted by molar-refractivity contribution is -0.384. The molecule has 3 aromatic carbocycles. The van der Waals surface area contributed by atoms with Crippen molar-refractivity contribution in [2.24, 2.45) is 0 Å². The lowest BCUT2D eigenvalue weighted by Gasteiger charge is -2.05. The number of nitro groups is 1. The van der Waals surface area contributed by atoms with Crippen LogP contribution in [0.2, 0.25) is 0 Å². The first-order valence-electron chi connectivity index (χ1n) is 8.85. The average molecular weight is 396 g/mol. The highest BCUT2D eigenvalue weighted by Gasteiger charge is 2.14. The summed E-state index contributed by atoms with van der Waals surface area (Å²) in [7, 11) is -3.66. The summed E-state index contributed by atoms with van der Waals surface area (Å²) in [5, 5.41) is 13.0. The average Bonchev–Trinajstić information content (AvgIpc) is 2.70. The van der Waals surface area contributed by atoms with Crippen LogP contribution in [0.1, 0.15) is 18.4 Å².